The lowest BCUT2D eigenvalue weighted by Gasteiger charge is -2.46. The Hall–Kier alpha value is -0.600. The average molecular weight is 547 g/mol. The van der Waals surface area contributed by atoms with Crippen LogP contribution in [0.3, 0.4) is 0 Å². The molecule has 1 saturated heterocycles. The molecule has 15 unspecified atom stereocenters. The van der Waals surface area contributed by atoms with Gasteiger partial charge in [0.2, 0.25) is 0 Å². The zero-order valence-electron chi connectivity index (χ0n) is 20.7. The van der Waals surface area contributed by atoms with Crippen molar-refractivity contribution in [3.8, 4) is 0 Å². The third kappa shape index (κ3) is 7.33. The molecule has 11 N–H and O–H groups in total. The fourth-order valence-electron chi connectivity index (χ4n) is 5.01. The lowest BCUT2D eigenvalue weighted by atomic mass is 9.80. The molecular weight excluding hydrogens is 504 g/mol. The van der Waals surface area contributed by atoms with E-state index in [0.717, 1.165) is 0 Å². The van der Waals surface area contributed by atoms with E-state index in [2.05, 4.69) is 0 Å². The van der Waals surface area contributed by atoms with E-state index in [1.54, 1.807) is 0 Å². The van der Waals surface area contributed by atoms with Crippen LogP contribution in [-0.4, -0.2) is 170 Å². The first-order valence-electron chi connectivity index (χ1n) is 12.1. The summed E-state index contributed by atoms with van der Waals surface area (Å²) in [7, 11) is 2.65. The number of ether oxygens (including phenoxy) is 4. The molecule has 0 radical (unpaired) electrons. The normalized spacial score (nSPS) is 48.7. The fourth-order valence-corrected chi connectivity index (χ4v) is 5.01. The van der Waals surface area contributed by atoms with E-state index < -0.39 is 98.0 Å². The van der Waals surface area contributed by atoms with Gasteiger partial charge in [-0.2, -0.15) is 0 Å². The summed E-state index contributed by atoms with van der Waals surface area (Å²) >= 11 is 0. The molecule has 15 atom stereocenters. The lowest BCUT2D eigenvalue weighted by molar-refractivity contribution is -0.316. The van der Waals surface area contributed by atoms with Gasteiger partial charge in [-0.1, -0.05) is 0 Å². The molecule has 0 bridgehead atoms. The first-order valence-corrected chi connectivity index (χ1v) is 12.1. The van der Waals surface area contributed by atoms with Crippen LogP contribution in [0.1, 0.15) is 12.8 Å². The van der Waals surface area contributed by atoms with Crippen molar-refractivity contribution < 1.29 is 75.1 Å². The van der Waals surface area contributed by atoms with Crippen molar-refractivity contribution in [2.75, 3.05) is 34.0 Å². The van der Waals surface area contributed by atoms with Gasteiger partial charge < -0.3 is 75.1 Å². The van der Waals surface area contributed by atoms with E-state index in [0.29, 0.717) is 0 Å². The van der Waals surface area contributed by atoms with Crippen LogP contribution in [0, 0.1) is 11.8 Å². The highest BCUT2D eigenvalue weighted by Crippen LogP contribution is 2.33. The molecule has 2 saturated carbocycles. The highest BCUT2D eigenvalue weighted by Gasteiger charge is 2.50. The summed E-state index contributed by atoms with van der Waals surface area (Å²) in [5.74, 6) is -1.04. The molecule has 1 heterocycles. The zero-order chi connectivity index (χ0) is 28.0. The van der Waals surface area contributed by atoms with Crippen molar-refractivity contribution in [2.45, 2.75) is 92.4 Å². The highest BCUT2D eigenvalue weighted by molar-refractivity contribution is 4.97. The summed E-state index contributed by atoms with van der Waals surface area (Å²) in [6, 6.07) is 0. The third-order valence-corrected chi connectivity index (χ3v) is 7.31. The summed E-state index contributed by atoms with van der Waals surface area (Å²) in [6.07, 6.45) is -15.1. The van der Waals surface area contributed by atoms with E-state index in [9.17, 15) is 35.7 Å². The van der Waals surface area contributed by atoms with Crippen LogP contribution in [0.15, 0.2) is 0 Å². The number of aliphatic hydroxyl groups excluding tert-OH is 11. The van der Waals surface area contributed by atoms with E-state index in [-0.39, 0.29) is 26.1 Å². The molecule has 15 nitrogen and oxygen atoms in total. The Morgan fingerprint density at radius 3 is 1.70 bits per heavy atom. The molecule has 0 spiro atoms. The Labute approximate surface area is 214 Å². The Kier molecular flexibility index (Phi) is 12.9. The maximum absolute atomic E-state index is 10.3. The summed E-state index contributed by atoms with van der Waals surface area (Å²) in [4.78, 5) is 0. The standard InChI is InChI=1S/C15H28O10.C7H14O5/c1-22-13-6(4-16)3-7(9(18)10(13)19)24-14-8(5-17)25-15(23-2)12(21)11(14)20;8-2-3-1-4(9)6(11)7(12)5(3)10/h6-21H,3-5H2,1-2H3;3-12H,1-2H2. The van der Waals surface area contributed by atoms with Gasteiger partial charge in [0.05, 0.1) is 31.0 Å². The van der Waals surface area contributed by atoms with Gasteiger partial charge in [-0.15, -0.1) is 0 Å². The van der Waals surface area contributed by atoms with Crippen LogP contribution in [-0.2, 0) is 18.9 Å². The molecule has 37 heavy (non-hydrogen) atoms. The van der Waals surface area contributed by atoms with Crippen molar-refractivity contribution in [2.24, 2.45) is 11.8 Å². The maximum Gasteiger partial charge on any atom is 0.186 e. The molecule has 0 amide bonds. The molecule has 2 aliphatic carbocycles. The fraction of sp³-hybridized carbons (Fsp3) is 1.00. The second-order valence-electron chi connectivity index (χ2n) is 9.66. The monoisotopic (exact) mass is 546 g/mol. The first-order chi connectivity index (χ1) is 17.5. The number of hydrogen-bond acceptors (Lipinski definition) is 15. The minimum absolute atomic E-state index is 0.107. The minimum atomic E-state index is -1.44. The molecular formula is C22H42O15. The molecule has 3 rings (SSSR count). The predicted molar refractivity (Wildman–Crippen MR) is 121 cm³/mol. The Morgan fingerprint density at radius 2 is 1.19 bits per heavy atom. The smallest absolute Gasteiger partial charge is 0.186 e. The van der Waals surface area contributed by atoms with Crippen molar-refractivity contribution in [1.82, 2.24) is 0 Å². The predicted octanol–water partition coefficient (Wildman–Crippen LogP) is -5.98. The molecule has 3 aliphatic rings. The summed E-state index contributed by atoms with van der Waals surface area (Å²) in [5, 5.41) is 105. The van der Waals surface area contributed by atoms with Gasteiger partial charge in [-0.05, 0) is 12.8 Å². The second-order valence-corrected chi connectivity index (χ2v) is 9.66. The zero-order valence-corrected chi connectivity index (χ0v) is 20.7. The van der Waals surface area contributed by atoms with Gasteiger partial charge >= 0.3 is 0 Å². The molecule has 220 valence electrons. The second kappa shape index (κ2) is 14.7. The molecule has 0 aromatic heterocycles. The van der Waals surface area contributed by atoms with Gasteiger partial charge in [0.25, 0.3) is 0 Å². The number of hydrogen-bond donors (Lipinski definition) is 11. The van der Waals surface area contributed by atoms with Gasteiger partial charge in [-0.25, -0.2) is 0 Å². The van der Waals surface area contributed by atoms with Gasteiger partial charge in [-0.3, -0.25) is 0 Å². The minimum Gasteiger partial charge on any atom is -0.396 e. The molecule has 0 aromatic carbocycles. The van der Waals surface area contributed by atoms with E-state index in [1.807, 2.05) is 0 Å². The van der Waals surface area contributed by atoms with Crippen LogP contribution in [0.2, 0.25) is 0 Å². The van der Waals surface area contributed by atoms with E-state index >= 15 is 0 Å². The Bertz CT molecular complexity index is 649. The number of aliphatic hydroxyl groups is 11. The largest absolute Gasteiger partial charge is 0.396 e. The Balaban J connectivity index is 0.000000335. The SMILES string of the molecule is COC1OC(CO)C(OC2CC(CO)C(OC)C(O)C2O)C(O)C1O.OCC1CC(O)C(O)C(O)C1O. The third-order valence-electron chi connectivity index (χ3n) is 7.31. The van der Waals surface area contributed by atoms with Crippen molar-refractivity contribution >= 4 is 0 Å². The Morgan fingerprint density at radius 1 is 0.595 bits per heavy atom. The molecule has 3 fully saturated rings. The quantitative estimate of drug-likeness (QED) is 0.142. The van der Waals surface area contributed by atoms with Crippen LogP contribution in [0.25, 0.3) is 0 Å². The van der Waals surface area contributed by atoms with Gasteiger partial charge in [0, 0.05) is 39.3 Å². The van der Waals surface area contributed by atoms with Crippen LogP contribution >= 0.6 is 0 Å². The van der Waals surface area contributed by atoms with Crippen molar-refractivity contribution in [3.63, 3.8) is 0 Å². The van der Waals surface area contributed by atoms with E-state index in [4.69, 9.17) is 39.4 Å². The summed E-state index contributed by atoms with van der Waals surface area (Å²) in [6.45, 7) is -1.10. The van der Waals surface area contributed by atoms with Crippen LogP contribution in [0.4, 0.5) is 0 Å². The highest BCUT2D eigenvalue weighted by atomic mass is 16.7. The average Bonchev–Trinajstić information content (AvgIpc) is 2.90. The number of methoxy groups -OCH3 is 2. The lowest BCUT2D eigenvalue weighted by Crippen LogP contribution is -2.63. The van der Waals surface area contributed by atoms with Gasteiger partial charge in [0.15, 0.2) is 6.29 Å². The van der Waals surface area contributed by atoms with Crippen LogP contribution < -0.4 is 0 Å². The van der Waals surface area contributed by atoms with Crippen LogP contribution in [0.5, 0.6) is 0 Å². The summed E-state index contributed by atoms with van der Waals surface area (Å²) < 4.78 is 21.1. The van der Waals surface area contributed by atoms with Gasteiger partial charge in [0.1, 0.15) is 48.8 Å². The van der Waals surface area contributed by atoms with Crippen molar-refractivity contribution in [3.05, 3.63) is 0 Å². The molecule has 1 aliphatic heterocycles. The van der Waals surface area contributed by atoms with Crippen molar-refractivity contribution in [1.29, 1.82) is 0 Å². The maximum atomic E-state index is 10.3. The summed E-state index contributed by atoms with van der Waals surface area (Å²) in [5.41, 5.74) is 0. The molecule has 15 heteroatoms. The molecule has 0 aromatic rings. The topological polar surface area (TPSA) is 259 Å². The van der Waals surface area contributed by atoms with E-state index in [1.165, 1.54) is 14.2 Å². The number of rotatable bonds is 7. The first kappa shape index (κ1) is 32.6.